The highest BCUT2D eigenvalue weighted by molar-refractivity contribution is 7.92. The molecule has 2 aromatic heterocycles. The minimum Gasteiger partial charge on any atom is -0.441 e. The van der Waals surface area contributed by atoms with Gasteiger partial charge in [-0.25, -0.2) is 13.4 Å². The second-order valence-corrected chi connectivity index (χ2v) is 11.8. The highest BCUT2D eigenvalue weighted by atomic mass is 32.2. The van der Waals surface area contributed by atoms with Gasteiger partial charge in [0.2, 0.25) is 15.9 Å². The van der Waals surface area contributed by atoms with E-state index in [9.17, 15) is 8.42 Å². The predicted molar refractivity (Wildman–Crippen MR) is 134 cm³/mol. The average molecular weight is 489 g/mol. The summed E-state index contributed by atoms with van der Waals surface area (Å²) in [4.78, 5) is 12.2. The fraction of sp³-hybridized carbons (Fsp3) is 0.458. The number of rotatable bonds is 9. The number of hydrogen-bond donors (Lipinski definition) is 1. The van der Waals surface area contributed by atoms with Crippen LogP contribution < -0.4 is 4.72 Å². The summed E-state index contributed by atoms with van der Waals surface area (Å²) in [6, 6.07) is 11.6. The molecule has 0 radical (unpaired) electrons. The molecule has 0 aliphatic carbocycles. The average Bonchev–Trinajstić information content (AvgIpc) is 3.34. The van der Waals surface area contributed by atoms with E-state index < -0.39 is 10.0 Å². The topological polar surface area (TPSA) is 78.7 Å². The summed E-state index contributed by atoms with van der Waals surface area (Å²) in [6.07, 6.45) is 5.12. The molecule has 1 fully saturated rings. The largest absolute Gasteiger partial charge is 0.441 e. The molecule has 1 aliphatic rings. The number of thiophene rings is 1. The van der Waals surface area contributed by atoms with Gasteiger partial charge < -0.3 is 4.42 Å². The number of nitrogens with zero attached hydrogens (tertiary/aromatic N) is 3. The third-order valence-electron chi connectivity index (χ3n) is 5.74. The first-order valence-corrected chi connectivity index (χ1v) is 14.0. The van der Waals surface area contributed by atoms with Gasteiger partial charge in [0.15, 0.2) is 0 Å². The second kappa shape index (κ2) is 10.4. The summed E-state index contributed by atoms with van der Waals surface area (Å²) >= 11 is 1.89. The van der Waals surface area contributed by atoms with Gasteiger partial charge in [-0.05, 0) is 64.2 Å². The van der Waals surface area contributed by atoms with Crippen LogP contribution in [0.4, 0.5) is 5.69 Å². The fourth-order valence-electron chi connectivity index (χ4n) is 4.16. The molecule has 3 aromatic rings. The highest BCUT2D eigenvalue weighted by Crippen LogP contribution is 2.30. The Morgan fingerprint density at radius 3 is 2.58 bits per heavy atom. The van der Waals surface area contributed by atoms with Gasteiger partial charge in [-0.2, -0.15) is 0 Å². The summed E-state index contributed by atoms with van der Waals surface area (Å²) in [5.74, 6) is 1.16. The quantitative estimate of drug-likeness (QED) is 0.470. The lowest BCUT2D eigenvalue weighted by atomic mass is 10.1. The second-order valence-electron chi connectivity index (χ2n) is 8.82. The Bertz CT molecular complexity index is 1180. The van der Waals surface area contributed by atoms with E-state index in [4.69, 9.17) is 4.42 Å². The van der Waals surface area contributed by atoms with Gasteiger partial charge in [-0.1, -0.05) is 18.6 Å². The summed E-state index contributed by atoms with van der Waals surface area (Å²) < 4.78 is 31.9. The first kappa shape index (κ1) is 23.9. The van der Waals surface area contributed by atoms with Crippen molar-refractivity contribution in [1.29, 1.82) is 0 Å². The molecule has 0 unspecified atom stereocenters. The lowest BCUT2D eigenvalue weighted by Crippen LogP contribution is -2.28. The third-order valence-corrected chi connectivity index (χ3v) is 7.38. The number of likely N-dealkylation sites (tertiary alicyclic amines) is 1. The minimum atomic E-state index is -3.40. The van der Waals surface area contributed by atoms with E-state index in [1.54, 1.807) is 12.1 Å². The summed E-state index contributed by atoms with van der Waals surface area (Å²) in [6.45, 7) is 6.87. The zero-order valence-electron chi connectivity index (χ0n) is 19.5. The number of nitrogens with one attached hydrogen (secondary N) is 1. The lowest BCUT2D eigenvalue weighted by Gasteiger charge is -2.25. The van der Waals surface area contributed by atoms with Crippen molar-refractivity contribution in [2.45, 2.75) is 45.8 Å². The van der Waals surface area contributed by atoms with Gasteiger partial charge >= 0.3 is 0 Å². The zero-order valence-corrected chi connectivity index (χ0v) is 21.1. The third kappa shape index (κ3) is 6.66. The van der Waals surface area contributed by atoms with E-state index >= 15 is 0 Å². The summed E-state index contributed by atoms with van der Waals surface area (Å²) in [5.41, 5.74) is 1.94. The molecule has 0 spiro atoms. The van der Waals surface area contributed by atoms with Crippen molar-refractivity contribution in [2.75, 3.05) is 31.1 Å². The first-order valence-electron chi connectivity index (χ1n) is 11.3. The number of para-hydroxylation sites is 1. The Balaban J connectivity index is 1.40. The van der Waals surface area contributed by atoms with Gasteiger partial charge in [0.1, 0.15) is 5.76 Å². The van der Waals surface area contributed by atoms with Gasteiger partial charge in [0, 0.05) is 29.4 Å². The number of hydrogen-bond acceptors (Lipinski definition) is 7. The SMILES string of the molecule is Cc1oc(-c2ccccc2NS(C)(=O)=O)nc1CN(C)Cc1ccc(CN2CCCCC2)s1. The van der Waals surface area contributed by atoms with Crippen molar-refractivity contribution in [3.05, 3.63) is 57.6 Å². The monoisotopic (exact) mass is 488 g/mol. The fourth-order valence-corrected chi connectivity index (χ4v) is 5.87. The smallest absolute Gasteiger partial charge is 0.229 e. The Labute approximate surface area is 200 Å². The van der Waals surface area contributed by atoms with E-state index in [1.807, 2.05) is 30.4 Å². The molecular weight excluding hydrogens is 456 g/mol. The van der Waals surface area contributed by atoms with Crippen LogP contribution in [0.25, 0.3) is 11.5 Å². The number of aryl methyl sites for hydroxylation is 1. The Hall–Kier alpha value is -2.20. The maximum absolute atomic E-state index is 11.7. The number of sulfonamides is 1. The van der Waals surface area contributed by atoms with E-state index in [-0.39, 0.29) is 0 Å². The maximum atomic E-state index is 11.7. The van der Waals surface area contributed by atoms with Crippen LogP contribution in [-0.4, -0.2) is 49.6 Å². The van der Waals surface area contributed by atoms with E-state index in [2.05, 4.69) is 38.7 Å². The Morgan fingerprint density at radius 1 is 1.09 bits per heavy atom. The predicted octanol–water partition coefficient (Wildman–Crippen LogP) is 4.70. The molecule has 0 amide bonds. The van der Waals surface area contributed by atoms with Crippen LogP contribution in [0.5, 0.6) is 0 Å². The molecule has 7 nitrogen and oxygen atoms in total. The molecule has 33 heavy (non-hydrogen) atoms. The molecular formula is C24H32N4O3S2. The van der Waals surface area contributed by atoms with Crippen molar-refractivity contribution in [3.8, 4) is 11.5 Å². The molecule has 1 N–H and O–H groups in total. The summed E-state index contributed by atoms with van der Waals surface area (Å²) in [5, 5.41) is 0. The van der Waals surface area contributed by atoms with Crippen molar-refractivity contribution in [3.63, 3.8) is 0 Å². The first-order chi connectivity index (χ1) is 15.8. The number of oxazole rings is 1. The molecule has 178 valence electrons. The van der Waals surface area contributed by atoms with E-state index in [0.29, 0.717) is 23.7 Å². The van der Waals surface area contributed by atoms with E-state index in [0.717, 1.165) is 30.8 Å². The molecule has 0 atom stereocenters. The number of anilines is 1. The molecule has 1 saturated heterocycles. The van der Waals surface area contributed by atoms with Gasteiger partial charge in [-0.15, -0.1) is 11.3 Å². The van der Waals surface area contributed by atoms with E-state index in [1.165, 1.54) is 42.1 Å². The van der Waals surface area contributed by atoms with Crippen molar-refractivity contribution in [1.82, 2.24) is 14.8 Å². The van der Waals surface area contributed by atoms with Gasteiger partial charge in [0.05, 0.1) is 23.2 Å². The maximum Gasteiger partial charge on any atom is 0.229 e. The van der Waals surface area contributed by atoms with Crippen molar-refractivity contribution < 1.29 is 12.8 Å². The molecule has 1 aliphatic heterocycles. The van der Waals surface area contributed by atoms with Crippen LogP contribution in [0.2, 0.25) is 0 Å². The Kier molecular flexibility index (Phi) is 7.53. The number of benzene rings is 1. The van der Waals surface area contributed by atoms with Crippen molar-refractivity contribution in [2.24, 2.45) is 0 Å². The zero-order chi connectivity index (χ0) is 23.4. The normalized spacial score (nSPS) is 15.3. The highest BCUT2D eigenvalue weighted by Gasteiger charge is 2.18. The molecule has 0 saturated carbocycles. The van der Waals surface area contributed by atoms with Crippen LogP contribution in [0.3, 0.4) is 0 Å². The van der Waals surface area contributed by atoms with Crippen LogP contribution >= 0.6 is 11.3 Å². The molecule has 4 rings (SSSR count). The minimum absolute atomic E-state index is 0.419. The lowest BCUT2D eigenvalue weighted by molar-refractivity contribution is 0.222. The Morgan fingerprint density at radius 2 is 1.82 bits per heavy atom. The molecule has 1 aromatic carbocycles. The van der Waals surface area contributed by atoms with Gasteiger partial charge in [0.25, 0.3) is 0 Å². The molecule has 3 heterocycles. The molecule has 0 bridgehead atoms. The molecule has 9 heteroatoms. The van der Waals surface area contributed by atoms with Gasteiger partial charge in [-0.3, -0.25) is 14.5 Å². The van der Waals surface area contributed by atoms with Crippen LogP contribution in [0.15, 0.2) is 40.8 Å². The van der Waals surface area contributed by atoms with Crippen LogP contribution in [-0.2, 0) is 29.7 Å². The number of piperidine rings is 1. The summed E-state index contributed by atoms with van der Waals surface area (Å²) in [7, 11) is -1.32. The standard InChI is InChI=1S/C24H32N4O3S2/c1-18-23(25-24(31-18)21-9-5-6-10-22(21)26-33(3,29)30)17-27(2)15-19-11-12-20(32-19)16-28-13-7-4-8-14-28/h5-6,9-12,26H,4,7-8,13-17H2,1-3H3. The number of aromatic nitrogens is 1. The van der Waals surface area contributed by atoms with Crippen LogP contribution in [0, 0.1) is 6.92 Å². The van der Waals surface area contributed by atoms with Crippen molar-refractivity contribution >= 4 is 27.0 Å². The van der Waals surface area contributed by atoms with Crippen LogP contribution in [0.1, 0.15) is 40.5 Å².